The van der Waals surface area contributed by atoms with Crippen molar-refractivity contribution in [3.05, 3.63) is 33.0 Å². The van der Waals surface area contributed by atoms with Gasteiger partial charge in [-0.25, -0.2) is 4.52 Å². The number of fused-ring (bicyclic) bond motifs is 1. The SMILES string of the molecule is CCCN(CC(=O)NCC1CCC(O)CC1)C(=O)c1nn2c(C(F)(F)F)cc(Br)cc2c1Cl. The lowest BCUT2D eigenvalue weighted by molar-refractivity contribution is -0.142. The maximum absolute atomic E-state index is 13.5. The second-order valence-electron chi connectivity index (χ2n) is 8.22. The van der Waals surface area contributed by atoms with Gasteiger partial charge in [0.2, 0.25) is 5.91 Å². The van der Waals surface area contributed by atoms with Crippen molar-refractivity contribution in [1.82, 2.24) is 19.8 Å². The molecule has 2 N–H and O–H groups in total. The van der Waals surface area contributed by atoms with Gasteiger partial charge in [-0.1, -0.05) is 34.5 Å². The average molecular weight is 554 g/mol. The summed E-state index contributed by atoms with van der Waals surface area (Å²) in [4.78, 5) is 26.8. The van der Waals surface area contributed by atoms with Crippen LogP contribution in [0, 0.1) is 5.92 Å². The van der Waals surface area contributed by atoms with E-state index in [1.54, 1.807) is 0 Å². The number of rotatable bonds is 7. The highest BCUT2D eigenvalue weighted by Crippen LogP contribution is 2.35. The molecular formula is C21H25BrClF3N4O3. The first-order chi connectivity index (χ1) is 15.5. The van der Waals surface area contributed by atoms with Crippen molar-refractivity contribution >= 4 is 44.9 Å². The van der Waals surface area contributed by atoms with Crippen LogP contribution in [0.4, 0.5) is 13.2 Å². The number of amides is 2. The van der Waals surface area contributed by atoms with Gasteiger partial charge in [0.1, 0.15) is 5.69 Å². The predicted octanol–water partition coefficient (Wildman–Crippen LogP) is 4.29. The lowest BCUT2D eigenvalue weighted by Gasteiger charge is -2.26. The number of halogens is 5. The molecule has 0 unspecified atom stereocenters. The predicted molar refractivity (Wildman–Crippen MR) is 120 cm³/mol. The molecule has 1 fully saturated rings. The van der Waals surface area contributed by atoms with E-state index in [4.69, 9.17) is 11.6 Å². The molecule has 182 valence electrons. The zero-order valence-corrected chi connectivity index (χ0v) is 20.3. The molecule has 3 rings (SSSR count). The molecule has 0 saturated heterocycles. The van der Waals surface area contributed by atoms with E-state index in [0.29, 0.717) is 30.3 Å². The van der Waals surface area contributed by atoms with Crippen molar-refractivity contribution in [1.29, 1.82) is 0 Å². The molecule has 0 aromatic carbocycles. The van der Waals surface area contributed by atoms with Crippen molar-refractivity contribution in [2.24, 2.45) is 5.92 Å². The Morgan fingerprint density at radius 2 is 1.97 bits per heavy atom. The first kappa shape index (κ1) is 25.8. The van der Waals surface area contributed by atoms with Gasteiger partial charge in [-0.2, -0.15) is 18.3 Å². The third-order valence-corrected chi connectivity index (χ3v) is 6.48. The summed E-state index contributed by atoms with van der Waals surface area (Å²) in [5.41, 5.74) is -1.49. The number of hydrogen-bond donors (Lipinski definition) is 2. The number of nitrogens with one attached hydrogen (secondary N) is 1. The van der Waals surface area contributed by atoms with Crippen LogP contribution in [0.1, 0.15) is 55.2 Å². The maximum atomic E-state index is 13.5. The van der Waals surface area contributed by atoms with Crippen LogP contribution in [-0.2, 0) is 11.0 Å². The molecule has 33 heavy (non-hydrogen) atoms. The molecule has 2 amide bonds. The molecule has 0 spiro atoms. The second kappa shape index (κ2) is 10.6. The molecule has 7 nitrogen and oxygen atoms in total. The quantitative estimate of drug-likeness (QED) is 0.536. The van der Waals surface area contributed by atoms with E-state index >= 15 is 0 Å². The number of nitrogens with zero attached hydrogens (tertiary/aromatic N) is 3. The van der Waals surface area contributed by atoms with E-state index in [1.807, 2.05) is 6.92 Å². The summed E-state index contributed by atoms with van der Waals surface area (Å²) < 4.78 is 41.1. The van der Waals surface area contributed by atoms with Crippen LogP contribution >= 0.6 is 27.5 Å². The zero-order chi connectivity index (χ0) is 24.3. The Labute approximate surface area is 202 Å². The summed E-state index contributed by atoms with van der Waals surface area (Å²) in [5.74, 6) is -0.827. The normalized spacial score (nSPS) is 19.0. The van der Waals surface area contributed by atoms with Crippen LogP contribution in [0.2, 0.25) is 5.02 Å². The minimum absolute atomic E-state index is 0.0675. The van der Waals surface area contributed by atoms with Gasteiger partial charge in [-0.3, -0.25) is 9.59 Å². The van der Waals surface area contributed by atoms with E-state index in [9.17, 15) is 27.9 Å². The topological polar surface area (TPSA) is 86.9 Å². The number of aliphatic hydroxyl groups excluding tert-OH is 1. The third-order valence-electron chi connectivity index (χ3n) is 5.65. The van der Waals surface area contributed by atoms with Gasteiger partial charge in [0.05, 0.1) is 23.2 Å². The lowest BCUT2D eigenvalue weighted by atomic mass is 9.87. The monoisotopic (exact) mass is 552 g/mol. The Balaban J connectivity index is 1.77. The highest BCUT2D eigenvalue weighted by atomic mass is 79.9. The van der Waals surface area contributed by atoms with Gasteiger partial charge in [0, 0.05) is 17.6 Å². The van der Waals surface area contributed by atoms with Crippen LogP contribution in [0.3, 0.4) is 0 Å². The largest absolute Gasteiger partial charge is 0.433 e. The highest BCUT2D eigenvalue weighted by molar-refractivity contribution is 9.10. The zero-order valence-electron chi connectivity index (χ0n) is 18.0. The number of alkyl halides is 3. The summed E-state index contributed by atoms with van der Waals surface area (Å²) in [6, 6.07) is 2.20. The van der Waals surface area contributed by atoms with Crippen LogP contribution in [-0.4, -0.2) is 57.2 Å². The van der Waals surface area contributed by atoms with E-state index in [0.717, 1.165) is 18.9 Å². The Kier molecular flexibility index (Phi) is 8.28. The van der Waals surface area contributed by atoms with Gasteiger partial charge in [0.25, 0.3) is 5.91 Å². The number of aromatic nitrogens is 2. The smallest absolute Gasteiger partial charge is 0.393 e. The summed E-state index contributed by atoms with van der Waals surface area (Å²) >= 11 is 9.30. The van der Waals surface area contributed by atoms with Gasteiger partial charge in [-0.15, -0.1) is 0 Å². The number of aliphatic hydroxyl groups is 1. The average Bonchev–Trinajstić information content (AvgIpc) is 3.07. The van der Waals surface area contributed by atoms with Crippen molar-refractivity contribution in [3.63, 3.8) is 0 Å². The Hall–Kier alpha value is -1.85. The molecule has 2 aromatic heterocycles. The molecule has 1 aliphatic carbocycles. The van der Waals surface area contributed by atoms with Crippen LogP contribution in [0.5, 0.6) is 0 Å². The minimum atomic E-state index is -4.71. The number of hydrogen-bond acceptors (Lipinski definition) is 4. The summed E-state index contributed by atoms with van der Waals surface area (Å²) in [6.45, 7) is 2.21. The van der Waals surface area contributed by atoms with Crippen LogP contribution < -0.4 is 5.32 Å². The minimum Gasteiger partial charge on any atom is -0.393 e. The van der Waals surface area contributed by atoms with E-state index in [1.165, 1.54) is 11.0 Å². The number of carbonyl (C=O) groups excluding carboxylic acids is 2. The molecule has 1 aliphatic rings. The van der Waals surface area contributed by atoms with E-state index < -0.39 is 17.8 Å². The van der Waals surface area contributed by atoms with Crippen molar-refractivity contribution in [2.75, 3.05) is 19.6 Å². The molecule has 0 atom stereocenters. The third kappa shape index (κ3) is 6.19. The first-order valence-electron chi connectivity index (χ1n) is 10.7. The van der Waals surface area contributed by atoms with Crippen LogP contribution in [0.15, 0.2) is 16.6 Å². The Bertz CT molecular complexity index is 1020. The van der Waals surface area contributed by atoms with Crippen molar-refractivity contribution < 1.29 is 27.9 Å². The van der Waals surface area contributed by atoms with Gasteiger partial charge >= 0.3 is 6.18 Å². The Morgan fingerprint density at radius 3 is 2.58 bits per heavy atom. The lowest BCUT2D eigenvalue weighted by Crippen LogP contribution is -2.43. The number of carbonyl (C=O) groups is 2. The van der Waals surface area contributed by atoms with E-state index in [-0.39, 0.29) is 51.7 Å². The summed E-state index contributed by atoms with van der Waals surface area (Å²) in [5, 5.41) is 16.0. The van der Waals surface area contributed by atoms with Crippen LogP contribution in [0.25, 0.3) is 5.52 Å². The molecule has 0 bridgehead atoms. The van der Waals surface area contributed by atoms with Crippen molar-refractivity contribution in [2.45, 2.75) is 51.3 Å². The number of pyridine rings is 1. The summed E-state index contributed by atoms with van der Waals surface area (Å²) in [7, 11) is 0. The molecule has 1 saturated carbocycles. The molecule has 2 heterocycles. The van der Waals surface area contributed by atoms with Gasteiger partial charge < -0.3 is 15.3 Å². The molecule has 12 heteroatoms. The Morgan fingerprint density at radius 1 is 1.30 bits per heavy atom. The molecule has 2 aromatic rings. The second-order valence-corrected chi connectivity index (χ2v) is 9.52. The highest BCUT2D eigenvalue weighted by Gasteiger charge is 2.36. The molecular weight excluding hydrogens is 529 g/mol. The molecule has 0 radical (unpaired) electrons. The molecule has 0 aliphatic heterocycles. The fraction of sp³-hybridized carbons (Fsp3) is 0.571. The standard InChI is InChI=1S/C21H25BrClF3N4O3/c1-2-7-29(11-17(32)27-10-12-3-5-14(31)6-4-12)20(33)19-18(23)15-8-13(22)9-16(21(24,25)26)30(15)28-19/h8-9,12,14,31H,2-7,10-11H2,1H3,(H,27,32). The first-order valence-corrected chi connectivity index (χ1v) is 11.9. The fourth-order valence-corrected chi connectivity index (χ4v) is 4.62. The fourth-order valence-electron chi connectivity index (χ4n) is 3.93. The van der Waals surface area contributed by atoms with Gasteiger partial charge in [-0.05, 0) is 50.2 Å². The van der Waals surface area contributed by atoms with Gasteiger partial charge in [0.15, 0.2) is 5.69 Å². The van der Waals surface area contributed by atoms with E-state index in [2.05, 4.69) is 26.3 Å². The van der Waals surface area contributed by atoms with Crippen molar-refractivity contribution in [3.8, 4) is 0 Å². The summed E-state index contributed by atoms with van der Waals surface area (Å²) in [6.07, 6.45) is -1.45. The maximum Gasteiger partial charge on any atom is 0.433 e.